The predicted molar refractivity (Wildman–Crippen MR) is 88.1 cm³/mol. The highest BCUT2D eigenvalue weighted by molar-refractivity contribution is 9.10. The Morgan fingerprint density at radius 1 is 1.26 bits per heavy atom. The van der Waals surface area contributed by atoms with Crippen molar-refractivity contribution in [2.45, 2.75) is 32.2 Å². The standard InChI is InChI=1S/C16H20BrNS/c1-12-3-5-13(6-4-12)7-8-15(18-2)10-16-9-14(17)11-19-16/h3-6,9,11,15,18H,7-8,10H2,1-2H3. The number of benzene rings is 1. The Morgan fingerprint density at radius 3 is 2.58 bits per heavy atom. The van der Waals surface area contributed by atoms with Crippen molar-refractivity contribution in [2.75, 3.05) is 7.05 Å². The topological polar surface area (TPSA) is 12.0 Å². The van der Waals surface area contributed by atoms with Crippen molar-refractivity contribution in [3.8, 4) is 0 Å². The van der Waals surface area contributed by atoms with Crippen LogP contribution in [0, 0.1) is 6.92 Å². The van der Waals surface area contributed by atoms with E-state index in [2.05, 4.69) is 70.9 Å². The lowest BCUT2D eigenvalue weighted by Crippen LogP contribution is -2.27. The molecule has 1 atom stereocenters. The minimum absolute atomic E-state index is 0.548. The van der Waals surface area contributed by atoms with Gasteiger partial charge in [0.1, 0.15) is 0 Å². The van der Waals surface area contributed by atoms with Crippen LogP contribution in [0.1, 0.15) is 22.4 Å². The molecule has 1 aromatic carbocycles. The Morgan fingerprint density at radius 2 is 2.00 bits per heavy atom. The summed E-state index contributed by atoms with van der Waals surface area (Å²) in [5.74, 6) is 0. The molecule has 0 aliphatic carbocycles. The fourth-order valence-corrected chi connectivity index (χ4v) is 3.68. The van der Waals surface area contributed by atoms with Gasteiger partial charge < -0.3 is 5.32 Å². The maximum absolute atomic E-state index is 3.52. The van der Waals surface area contributed by atoms with E-state index in [9.17, 15) is 0 Å². The van der Waals surface area contributed by atoms with Crippen LogP contribution >= 0.6 is 27.3 Å². The molecular weight excluding hydrogens is 318 g/mol. The highest BCUT2D eigenvalue weighted by Crippen LogP contribution is 2.22. The van der Waals surface area contributed by atoms with Crippen LogP contribution in [-0.2, 0) is 12.8 Å². The predicted octanol–water partition coefficient (Wildman–Crippen LogP) is 4.58. The number of nitrogens with one attached hydrogen (secondary N) is 1. The number of hydrogen-bond acceptors (Lipinski definition) is 2. The van der Waals surface area contributed by atoms with Gasteiger partial charge in [-0.15, -0.1) is 11.3 Å². The lowest BCUT2D eigenvalue weighted by Gasteiger charge is -2.15. The highest BCUT2D eigenvalue weighted by Gasteiger charge is 2.09. The van der Waals surface area contributed by atoms with Crippen molar-refractivity contribution < 1.29 is 0 Å². The minimum Gasteiger partial charge on any atom is -0.317 e. The molecule has 0 amide bonds. The molecule has 2 aromatic rings. The first-order valence-corrected chi connectivity index (χ1v) is 8.30. The first-order valence-electron chi connectivity index (χ1n) is 6.63. The summed E-state index contributed by atoms with van der Waals surface area (Å²) in [4.78, 5) is 1.44. The molecule has 0 spiro atoms. The quantitative estimate of drug-likeness (QED) is 0.813. The maximum atomic E-state index is 3.52. The zero-order valence-corrected chi connectivity index (χ0v) is 13.9. The van der Waals surface area contributed by atoms with Crippen LogP contribution in [0.5, 0.6) is 0 Å². The van der Waals surface area contributed by atoms with E-state index in [0.29, 0.717) is 6.04 Å². The molecule has 0 saturated heterocycles. The fraction of sp³-hybridized carbons (Fsp3) is 0.375. The third kappa shape index (κ3) is 4.75. The zero-order valence-electron chi connectivity index (χ0n) is 11.4. The van der Waals surface area contributed by atoms with Gasteiger partial charge in [-0.25, -0.2) is 0 Å². The number of likely N-dealkylation sites (N-methyl/N-ethyl adjacent to an activating group) is 1. The van der Waals surface area contributed by atoms with Gasteiger partial charge in [-0.2, -0.15) is 0 Å². The van der Waals surface area contributed by atoms with Crippen LogP contribution in [-0.4, -0.2) is 13.1 Å². The second-order valence-electron chi connectivity index (χ2n) is 4.95. The van der Waals surface area contributed by atoms with Crippen molar-refractivity contribution in [1.29, 1.82) is 0 Å². The second-order valence-corrected chi connectivity index (χ2v) is 6.86. The molecule has 0 aliphatic heterocycles. The number of rotatable bonds is 6. The Labute approximate surface area is 128 Å². The summed E-state index contributed by atoms with van der Waals surface area (Å²) in [7, 11) is 2.06. The molecule has 0 fully saturated rings. The van der Waals surface area contributed by atoms with E-state index in [1.165, 1.54) is 26.9 Å². The average Bonchev–Trinajstić information content (AvgIpc) is 2.82. The summed E-state index contributed by atoms with van der Waals surface area (Å²) >= 11 is 5.35. The molecule has 1 heterocycles. The molecule has 102 valence electrons. The SMILES string of the molecule is CNC(CCc1ccc(C)cc1)Cc1cc(Br)cs1. The summed E-state index contributed by atoms with van der Waals surface area (Å²) in [6.45, 7) is 2.13. The van der Waals surface area contributed by atoms with Gasteiger partial charge >= 0.3 is 0 Å². The smallest absolute Gasteiger partial charge is 0.0285 e. The molecule has 1 nitrogen and oxygen atoms in total. The van der Waals surface area contributed by atoms with Gasteiger partial charge in [0.15, 0.2) is 0 Å². The number of thiophene rings is 1. The van der Waals surface area contributed by atoms with E-state index in [1.807, 2.05) is 11.3 Å². The van der Waals surface area contributed by atoms with Crippen LogP contribution in [0.15, 0.2) is 40.2 Å². The first kappa shape index (κ1) is 14.8. The summed E-state index contributed by atoms with van der Waals surface area (Å²) in [6, 6.07) is 11.6. The molecule has 1 N–H and O–H groups in total. The van der Waals surface area contributed by atoms with Gasteiger partial charge in [-0.3, -0.25) is 0 Å². The van der Waals surface area contributed by atoms with Crippen molar-refractivity contribution >= 4 is 27.3 Å². The molecule has 0 aliphatic rings. The Balaban J connectivity index is 1.87. The molecule has 0 radical (unpaired) electrons. The van der Waals surface area contributed by atoms with E-state index in [4.69, 9.17) is 0 Å². The molecule has 0 bridgehead atoms. The van der Waals surface area contributed by atoms with Crippen LogP contribution in [0.2, 0.25) is 0 Å². The monoisotopic (exact) mass is 337 g/mol. The van der Waals surface area contributed by atoms with Gasteiger partial charge in [0, 0.05) is 20.8 Å². The average molecular weight is 338 g/mol. The summed E-state index contributed by atoms with van der Waals surface area (Å²) in [5, 5.41) is 5.59. The Kier molecular flexibility index (Phi) is 5.61. The molecule has 0 saturated carbocycles. The fourth-order valence-electron chi connectivity index (χ4n) is 2.15. The highest BCUT2D eigenvalue weighted by atomic mass is 79.9. The molecule has 1 unspecified atom stereocenters. The minimum atomic E-state index is 0.548. The van der Waals surface area contributed by atoms with Crippen LogP contribution < -0.4 is 5.32 Å². The largest absolute Gasteiger partial charge is 0.317 e. The molecule has 1 aromatic heterocycles. The van der Waals surface area contributed by atoms with E-state index < -0.39 is 0 Å². The number of halogens is 1. The van der Waals surface area contributed by atoms with Crippen molar-refractivity contribution in [2.24, 2.45) is 0 Å². The lowest BCUT2D eigenvalue weighted by molar-refractivity contribution is 0.523. The zero-order chi connectivity index (χ0) is 13.7. The van der Waals surface area contributed by atoms with E-state index in [-0.39, 0.29) is 0 Å². The lowest BCUT2D eigenvalue weighted by atomic mass is 10.0. The summed E-state index contributed by atoms with van der Waals surface area (Å²) in [5.41, 5.74) is 2.76. The second kappa shape index (κ2) is 7.22. The van der Waals surface area contributed by atoms with Gasteiger partial charge in [-0.1, -0.05) is 29.8 Å². The van der Waals surface area contributed by atoms with E-state index in [1.54, 1.807) is 0 Å². The first-order chi connectivity index (χ1) is 9.17. The van der Waals surface area contributed by atoms with Crippen LogP contribution in [0.25, 0.3) is 0 Å². The Hall–Kier alpha value is -0.640. The number of hydrogen-bond donors (Lipinski definition) is 1. The van der Waals surface area contributed by atoms with Crippen LogP contribution in [0.3, 0.4) is 0 Å². The van der Waals surface area contributed by atoms with Gasteiger partial charge in [0.05, 0.1) is 0 Å². The van der Waals surface area contributed by atoms with Crippen molar-refractivity contribution in [1.82, 2.24) is 5.32 Å². The molecule has 3 heteroatoms. The molecule has 19 heavy (non-hydrogen) atoms. The van der Waals surface area contributed by atoms with Crippen LogP contribution in [0.4, 0.5) is 0 Å². The Bertz CT molecular complexity index is 504. The van der Waals surface area contributed by atoms with E-state index in [0.717, 1.165) is 12.8 Å². The number of aryl methyl sites for hydroxylation is 2. The van der Waals surface area contributed by atoms with Gasteiger partial charge in [-0.05, 0) is 60.8 Å². The van der Waals surface area contributed by atoms with Gasteiger partial charge in [0.2, 0.25) is 0 Å². The summed E-state index contributed by atoms with van der Waals surface area (Å²) < 4.78 is 1.20. The third-order valence-corrected chi connectivity index (χ3v) is 5.10. The van der Waals surface area contributed by atoms with E-state index >= 15 is 0 Å². The third-order valence-electron chi connectivity index (χ3n) is 3.38. The normalized spacial score (nSPS) is 12.6. The molecule has 2 rings (SSSR count). The maximum Gasteiger partial charge on any atom is 0.0285 e. The molecular formula is C16H20BrNS. The van der Waals surface area contributed by atoms with Crippen molar-refractivity contribution in [3.05, 3.63) is 56.2 Å². The summed E-state index contributed by atoms with van der Waals surface area (Å²) in [6.07, 6.45) is 3.42. The van der Waals surface area contributed by atoms with Gasteiger partial charge in [0.25, 0.3) is 0 Å². The van der Waals surface area contributed by atoms with Crippen molar-refractivity contribution in [3.63, 3.8) is 0 Å².